The van der Waals surface area contributed by atoms with E-state index in [4.69, 9.17) is 0 Å². The second kappa shape index (κ2) is 6.20. The summed E-state index contributed by atoms with van der Waals surface area (Å²) >= 11 is 0. The lowest BCUT2D eigenvalue weighted by Gasteiger charge is -2.37. The Morgan fingerprint density at radius 3 is 2.26 bits per heavy atom. The van der Waals surface area contributed by atoms with Crippen LogP contribution in [0, 0.1) is 11.3 Å². The molecular formula is C26H24O. The highest BCUT2D eigenvalue weighted by Crippen LogP contribution is 2.54. The third kappa shape index (κ3) is 2.49. The average Bonchev–Trinajstić information content (AvgIpc) is 3.19. The molecule has 3 aromatic carbocycles. The van der Waals surface area contributed by atoms with Crippen molar-refractivity contribution in [1.82, 2.24) is 0 Å². The molecule has 0 radical (unpaired) electrons. The van der Waals surface area contributed by atoms with Crippen LogP contribution in [-0.2, 0) is 19.3 Å². The fourth-order valence-electron chi connectivity index (χ4n) is 5.59. The van der Waals surface area contributed by atoms with Gasteiger partial charge >= 0.3 is 0 Å². The zero-order valence-corrected chi connectivity index (χ0v) is 15.7. The van der Waals surface area contributed by atoms with Crippen LogP contribution in [0.3, 0.4) is 0 Å². The Balaban J connectivity index is 1.62. The SMILES string of the molecule is CC1c2ccccc2CC1[C@]1(Cc2ccccc2)Cc2ccccc2C1=O. The van der Waals surface area contributed by atoms with Crippen molar-refractivity contribution in [3.63, 3.8) is 0 Å². The van der Waals surface area contributed by atoms with Crippen LogP contribution < -0.4 is 0 Å². The van der Waals surface area contributed by atoms with Gasteiger partial charge in [0.2, 0.25) is 0 Å². The van der Waals surface area contributed by atoms with Gasteiger partial charge in [-0.25, -0.2) is 0 Å². The molecule has 2 unspecified atom stereocenters. The van der Waals surface area contributed by atoms with Crippen molar-refractivity contribution in [2.75, 3.05) is 0 Å². The second-order valence-corrected chi connectivity index (χ2v) is 8.28. The molecule has 1 heteroatoms. The van der Waals surface area contributed by atoms with E-state index >= 15 is 0 Å². The van der Waals surface area contributed by atoms with Crippen LogP contribution in [0.4, 0.5) is 0 Å². The highest BCUT2D eigenvalue weighted by Gasteiger charge is 2.53. The Morgan fingerprint density at radius 2 is 1.52 bits per heavy atom. The van der Waals surface area contributed by atoms with Crippen LogP contribution in [0.25, 0.3) is 0 Å². The highest BCUT2D eigenvalue weighted by atomic mass is 16.1. The molecule has 0 heterocycles. The summed E-state index contributed by atoms with van der Waals surface area (Å²) in [6.45, 7) is 2.32. The first-order valence-corrected chi connectivity index (χ1v) is 9.93. The molecule has 3 aromatic rings. The summed E-state index contributed by atoms with van der Waals surface area (Å²) in [6.07, 6.45) is 2.69. The number of rotatable bonds is 3. The van der Waals surface area contributed by atoms with Crippen LogP contribution in [0.15, 0.2) is 78.9 Å². The van der Waals surface area contributed by atoms with Crippen molar-refractivity contribution in [3.8, 4) is 0 Å². The zero-order valence-electron chi connectivity index (χ0n) is 15.7. The molecule has 0 aliphatic heterocycles. The Kier molecular flexibility index (Phi) is 3.79. The Hall–Kier alpha value is -2.67. The van der Waals surface area contributed by atoms with Crippen molar-refractivity contribution >= 4 is 5.78 Å². The lowest BCUT2D eigenvalue weighted by Crippen LogP contribution is -2.40. The summed E-state index contributed by atoms with van der Waals surface area (Å²) in [5.41, 5.74) is 5.94. The Bertz CT molecular complexity index is 1000. The maximum absolute atomic E-state index is 13.8. The number of carbonyl (C=O) groups is 1. The average molecular weight is 352 g/mol. The molecule has 3 atom stereocenters. The minimum atomic E-state index is -0.344. The fourth-order valence-corrected chi connectivity index (χ4v) is 5.59. The molecule has 134 valence electrons. The van der Waals surface area contributed by atoms with Crippen LogP contribution in [0.5, 0.6) is 0 Å². The first-order chi connectivity index (χ1) is 13.2. The van der Waals surface area contributed by atoms with Gasteiger partial charge in [0.15, 0.2) is 5.78 Å². The van der Waals surface area contributed by atoms with Gasteiger partial charge in [-0.1, -0.05) is 85.8 Å². The molecule has 1 nitrogen and oxygen atoms in total. The van der Waals surface area contributed by atoms with Gasteiger partial charge in [0.1, 0.15) is 0 Å². The Labute approximate surface area is 161 Å². The van der Waals surface area contributed by atoms with E-state index in [0.29, 0.717) is 17.6 Å². The van der Waals surface area contributed by atoms with Gasteiger partial charge in [0, 0.05) is 11.0 Å². The Morgan fingerprint density at radius 1 is 0.852 bits per heavy atom. The summed E-state index contributed by atoms with van der Waals surface area (Å²) < 4.78 is 0. The lowest BCUT2D eigenvalue weighted by molar-refractivity contribution is 0.0677. The summed E-state index contributed by atoms with van der Waals surface area (Å²) in [5.74, 6) is 1.10. The van der Waals surface area contributed by atoms with Crippen molar-refractivity contribution in [2.45, 2.75) is 32.1 Å². The summed E-state index contributed by atoms with van der Waals surface area (Å²) in [5, 5.41) is 0. The van der Waals surface area contributed by atoms with Crippen LogP contribution in [-0.4, -0.2) is 5.78 Å². The molecule has 0 amide bonds. The smallest absolute Gasteiger partial charge is 0.170 e. The standard InChI is InChI=1S/C26H24O/c1-18-22-13-7-5-11-20(22)15-24(18)26(16-19-9-3-2-4-10-19)17-21-12-6-8-14-23(21)25(26)27/h2-14,18,24H,15-17H2,1H3/t18?,24?,26-/m0/s1. The molecule has 0 fully saturated rings. The van der Waals surface area contributed by atoms with E-state index in [2.05, 4.69) is 73.7 Å². The molecule has 0 spiro atoms. The lowest BCUT2D eigenvalue weighted by atomic mass is 9.64. The molecule has 0 N–H and O–H groups in total. The van der Waals surface area contributed by atoms with E-state index in [-0.39, 0.29) is 5.41 Å². The quantitative estimate of drug-likeness (QED) is 0.597. The number of fused-ring (bicyclic) bond motifs is 2. The van der Waals surface area contributed by atoms with E-state index in [1.165, 1.54) is 22.3 Å². The largest absolute Gasteiger partial charge is 0.294 e. The summed E-state index contributed by atoms with van der Waals surface area (Å²) in [6, 6.07) is 27.6. The normalized spacial score (nSPS) is 26.0. The third-order valence-electron chi connectivity index (χ3n) is 6.88. The van der Waals surface area contributed by atoms with Gasteiger partial charge in [-0.05, 0) is 53.4 Å². The number of hydrogen-bond acceptors (Lipinski definition) is 1. The number of Topliss-reactive ketones (excluding diaryl/α,β-unsaturated/α-hetero) is 1. The first kappa shape index (κ1) is 16.5. The van der Waals surface area contributed by atoms with Crippen LogP contribution in [0.1, 0.15) is 45.5 Å². The zero-order chi connectivity index (χ0) is 18.4. The topological polar surface area (TPSA) is 17.1 Å². The number of ketones is 1. The third-order valence-corrected chi connectivity index (χ3v) is 6.88. The van der Waals surface area contributed by atoms with Crippen molar-refractivity contribution in [3.05, 3.63) is 107 Å². The van der Waals surface area contributed by atoms with Gasteiger partial charge in [-0.2, -0.15) is 0 Å². The monoisotopic (exact) mass is 352 g/mol. The van der Waals surface area contributed by atoms with Crippen LogP contribution >= 0.6 is 0 Å². The van der Waals surface area contributed by atoms with Crippen molar-refractivity contribution < 1.29 is 4.79 Å². The van der Waals surface area contributed by atoms with Crippen LogP contribution in [0.2, 0.25) is 0 Å². The van der Waals surface area contributed by atoms with Gasteiger partial charge in [-0.15, -0.1) is 0 Å². The second-order valence-electron chi connectivity index (χ2n) is 8.28. The minimum Gasteiger partial charge on any atom is -0.294 e. The molecule has 5 rings (SSSR count). The van der Waals surface area contributed by atoms with Gasteiger partial charge < -0.3 is 0 Å². The van der Waals surface area contributed by atoms with E-state index in [0.717, 1.165) is 24.8 Å². The van der Waals surface area contributed by atoms with E-state index in [9.17, 15) is 4.79 Å². The van der Waals surface area contributed by atoms with Gasteiger partial charge in [-0.3, -0.25) is 4.79 Å². The number of carbonyl (C=O) groups excluding carboxylic acids is 1. The predicted octanol–water partition coefficient (Wildman–Crippen LogP) is 5.63. The fraction of sp³-hybridized carbons (Fsp3) is 0.269. The maximum Gasteiger partial charge on any atom is 0.170 e. The molecule has 0 aromatic heterocycles. The summed E-state index contributed by atoms with van der Waals surface area (Å²) in [4.78, 5) is 13.8. The van der Waals surface area contributed by atoms with Crippen molar-refractivity contribution in [1.29, 1.82) is 0 Å². The molecule has 0 saturated heterocycles. The highest BCUT2D eigenvalue weighted by molar-refractivity contribution is 6.05. The van der Waals surface area contributed by atoms with E-state index < -0.39 is 0 Å². The molecule has 2 aliphatic carbocycles. The summed E-state index contributed by atoms with van der Waals surface area (Å²) in [7, 11) is 0. The molecule has 0 bridgehead atoms. The molecule has 0 saturated carbocycles. The first-order valence-electron chi connectivity index (χ1n) is 9.93. The van der Waals surface area contributed by atoms with E-state index in [1.807, 2.05) is 12.1 Å². The molecule has 2 aliphatic rings. The maximum atomic E-state index is 13.8. The number of hydrogen-bond donors (Lipinski definition) is 0. The van der Waals surface area contributed by atoms with E-state index in [1.54, 1.807) is 0 Å². The molecular weight excluding hydrogens is 328 g/mol. The minimum absolute atomic E-state index is 0.343. The van der Waals surface area contributed by atoms with Gasteiger partial charge in [0.25, 0.3) is 0 Å². The van der Waals surface area contributed by atoms with Crippen molar-refractivity contribution in [2.24, 2.45) is 11.3 Å². The number of benzene rings is 3. The molecule has 27 heavy (non-hydrogen) atoms. The van der Waals surface area contributed by atoms with Gasteiger partial charge in [0.05, 0.1) is 0 Å². The predicted molar refractivity (Wildman–Crippen MR) is 109 cm³/mol.